The van der Waals surface area contributed by atoms with Gasteiger partial charge in [0.05, 0.1) is 6.54 Å². The van der Waals surface area contributed by atoms with Crippen molar-refractivity contribution in [3.8, 4) is 0 Å². The lowest BCUT2D eigenvalue weighted by atomic mass is 10.2. The predicted octanol–water partition coefficient (Wildman–Crippen LogP) is 2.93. The lowest BCUT2D eigenvalue weighted by Crippen LogP contribution is -2.41. The number of guanidine groups is 1. The summed E-state index contributed by atoms with van der Waals surface area (Å²) in [6, 6.07) is 8.60. The molecular weight excluding hydrogens is 455 g/mol. The van der Waals surface area contributed by atoms with Gasteiger partial charge in [-0.15, -0.1) is 24.0 Å². The second-order valence-corrected chi connectivity index (χ2v) is 6.09. The van der Waals surface area contributed by atoms with E-state index >= 15 is 0 Å². The molecule has 0 bridgehead atoms. The highest BCUT2D eigenvalue weighted by atomic mass is 127. The molecule has 1 heterocycles. The molecule has 2 aromatic rings. The number of anilines is 1. The van der Waals surface area contributed by atoms with Crippen molar-refractivity contribution in [2.45, 2.75) is 34.1 Å². The third-order valence-corrected chi connectivity index (χ3v) is 3.93. The van der Waals surface area contributed by atoms with Crippen LogP contribution in [0.15, 0.2) is 33.8 Å². The normalized spacial score (nSPS) is 11.0. The van der Waals surface area contributed by atoms with Crippen molar-refractivity contribution in [3.05, 3.63) is 41.5 Å². The van der Waals surface area contributed by atoms with Crippen LogP contribution in [0.4, 0.5) is 5.69 Å². The van der Waals surface area contributed by atoms with Gasteiger partial charge in [-0.05, 0) is 45.4 Å². The van der Waals surface area contributed by atoms with Gasteiger partial charge in [0.25, 0.3) is 0 Å². The van der Waals surface area contributed by atoms with Crippen molar-refractivity contribution in [2.75, 3.05) is 37.6 Å². The highest BCUT2D eigenvalue weighted by molar-refractivity contribution is 14.0. The molecule has 0 fully saturated rings. The second kappa shape index (κ2) is 12.5. The van der Waals surface area contributed by atoms with Crippen LogP contribution in [0.25, 0.3) is 0 Å². The van der Waals surface area contributed by atoms with Crippen LogP contribution in [0, 0.1) is 13.8 Å². The molecule has 27 heavy (non-hydrogen) atoms. The molecule has 2 N–H and O–H groups in total. The fourth-order valence-corrected chi connectivity index (χ4v) is 2.65. The lowest BCUT2D eigenvalue weighted by Gasteiger charge is -2.24. The Labute approximate surface area is 179 Å². The van der Waals surface area contributed by atoms with Crippen molar-refractivity contribution in [2.24, 2.45) is 4.99 Å². The largest absolute Gasteiger partial charge is 0.370 e. The summed E-state index contributed by atoms with van der Waals surface area (Å²) in [5.41, 5.74) is 2.53. The van der Waals surface area contributed by atoms with Crippen LogP contribution in [-0.2, 0) is 6.42 Å². The fraction of sp³-hybridized carbons (Fsp3) is 0.526. The maximum atomic E-state index is 5.11. The Bertz CT molecular complexity index is 703. The van der Waals surface area contributed by atoms with E-state index in [9.17, 15) is 0 Å². The Hall–Kier alpha value is -1.84. The molecule has 7 nitrogen and oxygen atoms in total. The molecule has 2 rings (SSSR count). The topological polar surface area (TPSA) is 78.6 Å². The number of benzene rings is 1. The number of aryl methyl sites for hydroxylation is 2. The SMILES string of the molecule is CCNC(=NCCc1nc(C)no1)NCCN(CC)c1cccc(C)c1.I. The van der Waals surface area contributed by atoms with Gasteiger partial charge >= 0.3 is 0 Å². The number of halogens is 1. The number of nitrogens with one attached hydrogen (secondary N) is 2. The molecule has 0 spiro atoms. The Morgan fingerprint density at radius 3 is 2.67 bits per heavy atom. The van der Waals surface area contributed by atoms with Crippen LogP contribution in [0.3, 0.4) is 0 Å². The van der Waals surface area contributed by atoms with Crippen molar-refractivity contribution in [1.29, 1.82) is 0 Å². The molecule has 0 aliphatic carbocycles. The fourth-order valence-electron chi connectivity index (χ4n) is 2.65. The van der Waals surface area contributed by atoms with Crippen molar-refractivity contribution < 1.29 is 4.52 Å². The second-order valence-electron chi connectivity index (χ2n) is 6.09. The number of hydrogen-bond acceptors (Lipinski definition) is 5. The van der Waals surface area contributed by atoms with Gasteiger partial charge in [0, 0.05) is 38.3 Å². The van der Waals surface area contributed by atoms with Gasteiger partial charge < -0.3 is 20.1 Å². The van der Waals surface area contributed by atoms with Crippen molar-refractivity contribution in [1.82, 2.24) is 20.8 Å². The van der Waals surface area contributed by atoms with E-state index in [4.69, 9.17) is 4.52 Å². The summed E-state index contributed by atoms with van der Waals surface area (Å²) in [5.74, 6) is 2.09. The summed E-state index contributed by atoms with van der Waals surface area (Å²) in [4.78, 5) is 11.1. The minimum atomic E-state index is 0. The number of aromatic nitrogens is 2. The summed E-state index contributed by atoms with van der Waals surface area (Å²) in [6.45, 7) is 12.3. The molecule has 0 aliphatic rings. The van der Waals surface area contributed by atoms with E-state index in [1.165, 1.54) is 11.3 Å². The third-order valence-electron chi connectivity index (χ3n) is 3.93. The molecule has 0 unspecified atom stereocenters. The Morgan fingerprint density at radius 1 is 1.22 bits per heavy atom. The van der Waals surface area contributed by atoms with E-state index in [1.807, 2.05) is 6.92 Å². The van der Waals surface area contributed by atoms with Gasteiger partial charge in [-0.2, -0.15) is 4.98 Å². The van der Waals surface area contributed by atoms with E-state index in [-0.39, 0.29) is 24.0 Å². The minimum absolute atomic E-state index is 0. The predicted molar refractivity (Wildman–Crippen MR) is 121 cm³/mol. The van der Waals surface area contributed by atoms with E-state index in [2.05, 4.69) is 75.7 Å². The summed E-state index contributed by atoms with van der Waals surface area (Å²) in [7, 11) is 0. The molecule has 0 saturated heterocycles. The number of aliphatic imine (C=N–C) groups is 1. The monoisotopic (exact) mass is 486 g/mol. The molecule has 1 aromatic carbocycles. The van der Waals surface area contributed by atoms with Crippen molar-refractivity contribution in [3.63, 3.8) is 0 Å². The molecule has 0 aliphatic heterocycles. The number of likely N-dealkylation sites (N-methyl/N-ethyl adjacent to an activating group) is 1. The standard InChI is InChI=1S/C19H30N6O.HI/c1-5-20-19(21-11-10-18-23-16(4)24-26-18)22-12-13-25(6-2)17-9-7-8-15(3)14-17;/h7-9,14H,5-6,10-13H2,1-4H3,(H2,20,21,22);1H. The average Bonchev–Trinajstić information content (AvgIpc) is 3.04. The molecule has 1 aromatic heterocycles. The quantitative estimate of drug-likeness (QED) is 0.323. The van der Waals surface area contributed by atoms with Gasteiger partial charge in [0.2, 0.25) is 5.89 Å². The number of nitrogens with zero attached hydrogens (tertiary/aromatic N) is 4. The summed E-state index contributed by atoms with van der Waals surface area (Å²) >= 11 is 0. The first-order valence-electron chi connectivity index (χ1n) is 9.25. The maximum Gasteiger partial charge on any atom is 0.228 e. The third kappa shape index (κ3) is 8.15. The first-order chi connectivity index (χ1) is 12.6. The molecule has 150 valence electrons. The number of hydrogen-bond donors (Lipinski definition) is 2. The van der Waals surface area contributed by atoms with Crippen LogP contribution in [0.2, 0.25) is 0 Å². The highest BCUT2D eigenvalue weighted by Crippen LogP contribution is 2.14. The number of rotatable bonds is 9. The van der Waals surface area contributed by atoms with E-state index in [0.29, 0.717) is 24.7 Å². The van der Waals surface area contributed by atoms with Crippen LogP contribution in [-0.4, -0.2) is 48.8 Å². The molecular formula is C19H31IN6O. The Morgan fingerprint density at radius 2 is 2.04 bits per heavy atom. The summed E-state index contributed by atoms with van der Waals surface area (Å²) in [5, 5.41) is 10.5. The molecule has 0 saturated carbocycles. The van der Waals surface area contributed by atoms with Crippen LogP contribution >= 0.6 is 24.0 Å². The summed E-state index contributed by atoms with van der Waals surface area (Å²) in [6.07, 6.45) is 0.641. The maximum absolute atomic E-state index is 5.11. The first kappa shape index (κ1) is 23.2. The molecule has 8 heteroatoms. The molecule has 0 amide bonds. The van der Waals surface area contributed by atoms with Crippen LogP contribution in [0.1, 0.15) is 31.1 Å². The highest BCUT2D eigenvalue weighted by Gasteiger charge is 2.06. The Kier molecular flexibility index (Phi) is 10.8. The van der Waals surface area contributed by atoms with Gasteiger partial charge in [-0.3, -0.25) is 4.99 Å². The first-order valence-corrected chi connectivity index (χ1v) is 9.25. The van der Waals surface area contributed by atoms with E-state index < -0.39 is 0 Å². The van der Waals surface area contributed by atoms with Gasteiger partial charge in [-0.25, -0.2) is 0 Å². The zero-order valence-electron chi connectivity index (χ0n) is 16.7. The average molecular weight is 486 g/mol. The van der Waals surface area contributed by atoms with Crippen molar-refractivity contribution >= 4 is 35.6 Å². The summed E-state index contributed by atoms with van der Waals surface area (Å²) < 4.78 is 5.11. The van der Waals surface area contributed by atoms with Gasteiger partial charge in [-0.1, -0.05) is 17.3 Å². The van der Waals surface area contributed by atoms with E-state index in [1.54, 1.807) is 0 Å². The minimum Gasteiger partial charge on any atom is -0.370 e. The van der Waals surface area contributed by atoms with E-state index in [0.717, 1.165) is 32.1 Å². The zero-order valence-corrected chi connectivity index (χ0v) is 19.0. The molecule has 0 radical (unpaired) electrons. The van der Waals surface area contributed by atoms with Crippen LogP contribution in [0.5, 0.6) is 0 Å². The Balaban J connectivity index is 0.00000364. The van der Waals surface area contributed by atoms with Gasteiger partial charge in [0.1, 0.15) is 0 Å². The molecule has 0 atom stereocenters. The zero-order chi connectivity index (χ0) is 18.8. The van der Waals surface area contributed by atoms with Crippen LogP contribution < -0.4 is 15.5 Å². The van der Waals surface area contributed by atoms with Gasteiger partial charge in [0.15, 0.2) is 11.8 Å². The lowest BCUT2D eigenvalue weighted by molar-refractivity contribution is 0.376. The smallest absolute Gasteiger partial charge is 0.228 e.